The number of para-hydroxylation sites is 1. The minimum absolute atomic E-state index is 0.557. The summed E-state index contributed by atoms with van der Waals surface area (Å²) >= 11 is 0. The molecule has 0 aliphatic carbocycles. The van der Waals surface area contributed by atoms with Gasteiger partial charge in [0.2, 0.25) is 0 Å². The van der Waals surface area contributed by atoms with Crippen LogP contribution in [0, 0.1) is 0 Å². The van der Waals surface area contributed by atoms with E-state index in [-0.39, 0.29) is 0 Å². The highest BCUT2D eigenvalue weighted by Crippen LogP contribution is 2.00. The van der Waals surface area contributed by atoms with Crippen molar-refractivity contribution in [3.63, 3.8) is 0 Å². The third-order valence-electron chi connectivity index (χ3n) is 2.13. The fraction of sp³-hybridized carbons (Fsp3) is 0. The molecule has 0 heterocycles. The van der Waals surface area contributed by atoms with Gasteiger partial charge in [-0.05, 0) is 23.8 Å². The van der Waals surface area contributed by atoms with E-state index in [1.807, 2.05) is 60.7 Å². The van der Waals surface area contributed by atoms with Crippen LogP contribution in [0.4, 0.5) is 5.69 Å². The van der Waals surface area contributed by atoms with Gasteiger partial charge in [0.15, 0.2) is 0 Å². The third-order valence-corrected chi connectivity index (χ3v) is 2.13. The fourth-order valence-electron chi connectivity index (χ4n) is 1.22. The molecule has 4 N–H and O–H groups in total. The SMILES string of the molecule is NOC(=O)C=Cc1ccccc1.Nc1ccccc1. The molecule has 2 aromatic carbocycles. The van der Waals surface area contributed by atoms with Gasteiger partial charge >= 0.3 is 5.97 Å². The predicted octanol–water partition coefficient (Wildman–Crippen LogP) is 2.39. The Morgan fingerprint density at radius 1 is 0.947 bits per heavy atom. The summed E-state index contributed by atoms with van der Waals surface area (Å²) in [6.07, 6.45) is 2.91. The number of carbonyl (C=O) groups excluding carboxylic acids is 1. The monoisotopic (exact) mass is 256 g/mol. The first-order valence-corrected chi connectivity index (χ1v) is 5.66. The molecule has 0 fully saturated rings. The quantitative estimate of drug-likeness (QED) is 0.491. The molecule has 0 aliphatic heterocycles. The smallest absolute Gasteiger partial charge is 0.349 e. The molecule has 0 saturated heterocycles. The Balaban J connectivity index is 0.000000218. The van der Waals surface area contributed by atoms with Crippen LogP contribution in [-0.4, -0.2) is 5.97 Å². The minimum Gasteiger partial charge on any atom is -0.399 e. The summed E-state index contributed by atoms with van der Waals surface area (Å²) in [5, 5.41) is 0. The van der Waals surface area contributed by atoms with Crippen molar-refractivity contribution in [2.75, 3.05) is 5.73 Å². The van der Waals surface area contributed by atoms with E-state index in [0.29, 0.717) is 0 Å². The molecular formula is C15H16N2O2. The fourth-order valence-corrected chi connectivity index (χ4v) is 1.22. The first kappa shape index (κ1) is 14.5. The van der Waals surface area contributed by atoms with Crippen molar-refractivity contribution < 1.29 is 9.63 Å². The van der Waals surface area contributed by atoms with Crippen LogP contribution in [-0.2, 0) is 9.63 Å². The number of nitrogen functional groups attached to an aromatic ring is 1. The zero-order chi connectivity index (χ0) is 13.9. The van der Waals surface area contributed by atoms with Crippen LogP contribution in [0.1, 0.15) is 5.56 Å². The maximum absolute atomic E-state index is 10.6. The zero-order valence-electron chi connectivity index (χ0n) is 10.4. The highest BCUT2D eigenvalue weighted by molar-refractivity contribution is 5.86. The Labute approximate surface area is 112 Å². The molecule has 98 valence electrons. The zero-order valence-corrected chi connectivity index (χ0v) is 10.4. The van der Waals surface area contributed by atoms with E-state index in [9.17, 15) is 4.79 Å². The lowest BCUT2D eigenvalue weighted by Gasteiger charge is -1.90. The van der Waals surface area contributed by atoms with E-state index in [1.54, 1.807) is 6.08 Å². The molecule has 0 atom stereocenters. The van der Waals surface area contributed by atoms with Gasteiger partial charge in [-0.1, -0.05) is 48.5 Å². The molecule has 0 spiro atoms. The summed E-state index contributed by atoms with van der Waals surface area (Å²) in [6.45, 7) is 0. The number of anilines is 1. The topological polar surface area (TPSA) is 78.3 Å². The summed E-state index contributed by atoms with van der Waals surface area (Å²) in [4.78, 5) is 14.5. The highest BCUT2D eigenvalue weighted by Gasteiger charge is 1.90. The van der Waals surface area contributed by atoms with Crippen molar-refractivity contribution in [1.29, 1.82) is 0 Å². The molecule has 0 saturated carbocycles. The van der Waals surface area contributed by atoms with Gasteiger partial charge in [-0.25, -0.2) is 4.79 Å². The molecule has 0 unspecified atom stereocenters. The number of rotatable bonds is 2. The molecule has 0 aromatic heterocycles. The molecule has 4 nitrogen and oxygen atoms in total. The predicted molar refractivity (Wildman–Crippen MR) is 76.6 cm³/mol. The first-order valence-electron chi connectivity index (χ1n) is 5.66. The van der Waals surface area contributed by atoms with Crippen LogP contribution in [0.25, 0.3) is 6.08 Å². The molecule has 0 aliphatic rings. The third kappa shape index (κ3) is 6.65. The summed E-state index contributed by atoms with van der Waals surface area (Å²) in [5.74, 6) is 4.08. The summed E-state index contributed by atoms with van der Waals surface area (Å²) in [6, 6.07) is 18.9. The number of hydrogen-bond acceptors (Lipinski definition) is 4. The molecule has 2 rings (SSSR count). The molecule has 4 heteroatoms. The molecule has 0 radical (unpaired) electrons. The van der Waals surface area contributed by atoms with E-state index in [4.69, 9.17) is 5.73 Å². The second-order valence-corrected chi connectivity index (χ2v) is 3.59. The largest absolute Gasteiger partial charge is 0.399 e. The maximum atomic E-state index is 10.6. The second-order valence-electron chi connectivity index (χ2n) is 3.59. The van der Waals surface area contributed by atoms with Gasteiger partial charge in [-0.2, -0.15) is 5.90 Å². The molecule has 0 bridgehead atoms. The van der Waals surface area contributed by atoms with Crippen LogP contribution in [0.3, 0.4) is 0 Å². The van der Waals surface area contributed by atoms with Crippen LogP contribution >= 0.6 is 0 Å². The summed E-state index contributed by atoms with van der Waals surface area (Å²) in [5.41, 5.74) is 7.11. The van der Waals surface area contributed by atoms with Crippen LogP contribution in [0.5, 0.6) is 0 Å². The van der Waals surface area contributed by atoms with Gasteiger partial charge in [-0.3, -0.25) is 0 Å². The van der Waals surface area contributed by atoms with Crippen molar-refractivity contribution in [2.24, 2.45) is 5.90 Å². The average molecular weight is 256 g/mol. The van der Waals surface area contributed by atoms with Crippen molar-refractivity contribution >= 4 is 17.7 Å². The summed E-state index contributed by atoms with van der Waals surface area (Å²) < 4.78 is 0. The Morgan fingerprint density at radius 2 is 1.47 bits per heavy atom. The Kier molecular flexibility index (Phi) is 6.47. The van der Waals surface area contributed by atoms with E-state index in [1.165, 1.54) is 6.08 Å². The first-order chi connectivity index (χ1) is 9.22. The van der Waals surface area contributed by atoms with E-state index >= 15 is 0 Å². The Bertz CT molecular complexity index is 510. The number of benzene rings is 2. The average Bonchev–Trinajstić information content (AvgIpc) is 2.47. The molecule has 19 heavy (non-hydrogen) atoms. The van der Waals surface area contributed by atoms with Gasteiger partial charge in [0.1, 0.15) is 0 Å². The number of nitrogens with two attached hydrogens (primary N) is 2. The number of carbonyl (C=O) groups is 1. The van der Waals surface area contributed by atoms with E-state index in [2.05, 4.69) is 10.7 Å². The minimum atomic E-state index is -0.557. The summed E-state index contributed by atoms with van der Waals surface area (Å²) in [7, 11) is 0. The Morgan fingerprint density at radius 3 is 1.89 bits per heavy atom. The molecule has 0 amide bonds. The Hall–Kier alpha value is -2.59. The van der Waals surface area contributed by atoms with Crippen LogP contribution in [0.2, 0.25) is 0 Å². The lowest BCUT2D eigenvalue weighted by Crippen LogP contribution is -2.05. The standard InChI is InChI=1S/C9H9NO2.C6H7N/c10-12-9(11)7-6-8-4-2-1-3-5-8;7-6-4-2-1-3-5-6/h1-7H,10H2;1-5H,7H2. The van der Waals surface area contributed by atoms with Gasteiger partial charge in [-0.15, -0.1) is 0 Å². The van der Waals surface area contributed by atoms with E-state index < -0.39 is 5.97 Å². The van der Waals surface area contributed by atoms with Crippen molar-refractivity contribution in [3.05, 3.63) is 72.3 Å². The van der Waals surface area contributed by atoms with Crippen molar-refractivity contribution in [3.8, 4) is 0 Å². The number of hydrogen-bond donors (Lipinski definition) is 2. The highest BCUT2D eigenvalue weighted by atomic mass is 16.7. The van der Waals surface area contributed by atoms with E-state index in [0.717, 1.165) is 11.3 Å². The van der Waals surface area contributed by atoms with Crippen molar-refractivity contribution in [2.45, 2.75) is 0 Å². The van der Waals surface area contributed by atoms with Gasteiger partial charge in [0, 0.05) is 11.8 Å². The van der Waals surface area contributed by atoms with Gasteiger partial charge in [0.05, 0.1) is 0 Å². The molecule has 2 aromatic rings. The van der Waals surface area contributed by atoms with Crippen LogP contribution in [0.15, 0.2) is 66.7 Å². The van der Waals surface area contributed by atoms with Crippen LogP contribution < -0.4 is 11.6 Å². The van der Waals surface area contributed by atoms with Crippen molar-refractivity contribution in [1.82, 2.24) is 0 Å². The van der Waals surface area contributed by atoms with Gasteiger partial charge in [0.25, 0.3) is 0 Å². The maximum Gasteiger partial charge on any atom is 0.349 e. The molecular weight excluding hydrogens is 240 g/mol. The lowest BCUT2D eigenvalue weighted by atomic mass is 10.2. The lowest BCUT2D eigenvalue weighted by molar-refractivity contribution is -0.138. The van der Waals surface area contributed by atoms with Gasteiger partial charge < -0.3 is 10.6 Å². The normalized spacial score (nSPS) is 9.53. The second kappa shape index (κ2) is 8.49.